The normalized spacial score (nSPS) is 33.7. The van der Waals surface area contributed by atoms with Crippen LogP contribution in [0, 0.1) is 12.7 Å². The molecule has 2 aromatic heterocycles. The Morgan fingerprint density at radius 2 is 2.14 bits per heavy atom. The highest BCUT2D eigenvalue weighted by molar-refractivity contribution is 7.99. The second kappa shape index (κ2) is 10.5. The predicted octanol–water partition coefficient (Wildman–Crippen LogP) is 2.18. The molecule has 194 valence electrons. The van der Waals surface area contributed by atoms with Gasteiger partial charge in [-0.3, -0.25) is 0 Å². The lowest BCUT2D eigenvalue weighted by molar-refractivity contribution is -0.0629. The minimum atomic E-state index is -1.92. The molecule has 36 heavy (non-hydrogen) atoms. The van der Waals surface area contributed by atoms with Crippen molar-refractivity contribution in [2.24, 2.45) is 0 Å². The van der Waals surface area contributed by atoms with Gasteiger partial charge in [-0.05, 0) is 36.9 Å². The van der Waals surface area contributed by atoms with Gasteiger partial charge >= 0.3 is 0 Å². The lowest BCUT2D eigenvalue weighted by Gasteiger charge is -2.17. The van der Waals surface area contributed by atoms with Crippen LogP contribution in [0.5, 0.6) is 0 Å². The first-order valence-electron chi connectivity index (χ1n) is 14.3. The number of halogens is 1. The predicted molar refractivity (Wildman–Crippen MR) is 133 cm³/mol. The number of ether oxygens (including phenoxy) is 1. The van der Waals surface area contributed by atoms with Crippen molar-refractivity contribution < 1.29 is 31.3 Å². The first-order valence-corrected chi connectivity index (χ1v) is 12.8. The fraction of sp³-hybridized carbons (Fsp3) is 0.583. The van der Waals surface area contributed by atoms with E-state index in [9.17, 15) is 14.6 Å². The van der Waals surface area contributed by atoms with Gasteiger partial charge in [0.15, 0.2) is 22.1 Å². The lowest BCUT2D eigenvalue weighted by Crippen LogP contribution is -2.33. The molecule has 10 nitrogen and oxygen atoms in total. The first-order chi connectivity index (χ1) is 19.4. The van der Waals surface area contributed by atoms with Gasteiger partial charge in [-0.25, -0.2) is 19.0 Å². The van der Waals surface area contributed by atoms with Gasteiger partial charge in [-0.15, -0.1) is 5.10 Å². The zero-order valence-electron chi connectivity index (χ0n) is 24.8. The summed E-state index contributed by atoms with van der Waals surface area (Å²) >= 11 is 1.33. The summed E-state index contributed by atoms with van der Waals surface area (Å²) in [7, 11) is 0. The van der Waals surface area contributed by atoms with Crippen LogP contribution in [0.1, 0.15) is 56.1 Å². The van der Waals surface area contributed by atoms with E-state index in [-0.39, 0.29) is 54.2 Å². The highest BCUT2D eigenvalue weighted by Crippen LogP contribution is 2.44. The number of anilines is 1. The Morgan fingerprint density at radius 1 is 1.31 bits per heavy atom. The van der Waals surface area contributed by atoms with Gasteiger partial charge in [0.25, 0.3) is 0 Å². The molecule has 12 heteroatoms. The number of nitrogens with one attached hydrogen (secondary N) is 1. The molecule has 0 bridgehead atoms. The third-order valence-corrected chi connectivity index (χ3v) is 7.23. The van der Waals surface area contributed by atoms with E-state index >= 15 is 0 Å². The van der Waals surface area contributed by atoms with Crippen LogP contribution >= 0.6 is 11.8 Å². The van der Waals surface area contributed by atoms with E-state index in [0.717, 1.165) is 6.42 Å². The quantitative estimate of drug-likeness (QED) is 0.231. The van der Waals surface area contributed by atoms with E-state index in [2.05, 4.69) is 25.6 Å². The van der Waals surface area contributed by atoms with Crippen LogP contribution < -0.4 is 5.32 Å². The van der Waals surface area contributed by atoms with E-state index in [1.807, 2.05) is 6.92 Å². The molecular weight excluding hydrogens is 487 g/mol. The molecule has 1 aromatic carbocycles. The van der Waals surface area contributed by atoms with Crippen LogP contribution in [-0.2, 0) is 4.74 Å². The van der Waals surface area contributed by atoms with Crippen LogP contribution in [0.2, 0.25) is 0 Å². The van der Waals surface area contributed by atoms with E-state index in [1.165, 1.54) is 23.4 Å². The van der Waals surface area contributed by atoms with Crippen molar-refractivity contribution >= 4 is 28.7 Å². The molecule has 0 radical (unpaired) electrons. The van der Waals surface area contributed by atoms with Crippen molar-refractivity contribution in [3.05, 3.63) is 35.1 Å². The van der Waals surface area contributed by atoms with Gasteiger partial charge in [0, 0.05) is 25.5 Å². The number of rotatable bonds is 10. The summed E-state index contributed by atoms with van der Waals surface area (Å²) in [6.07, 6.45) is -2.49. The molecule has 2 fully saturated rings. The summed E-state index contributed by atoms with van der Waals surface area (Å²) in [4.78, 5) is 9.06. The Labute approximate surface area is 219 Å². The SMILES string of the molecule is [2H]c1c([2H])c([C@]2([2H])C[C@@]2([2H])Nc2nc(SCCC)nc3c2nnn3[C@@H]2C[C@H](OCCO)[C@@H](O)[C@H]2O)c([2H])c(F)c1C. The third kappa shape index (κ3) is 4.92. The van der Waals surface area contributed by atoms with E-state index in [1.54, 1.807) is 0 Å². The Hall–Kier alpha value is -2.38. The first kappa shape index (κ1) is 19.7. The Balaban J connectivity index is 1.53. The second-order valence-corrected chi connectivity index (χ2v) is 9.84. The largest absolute Gasteiger partial charge is 0.394 e. The molecule has 4 N–H and O–H groups in total. The number of aliphatic hydroxyl groups excluding tert-OH is 3. The van der Waals surface area contributed by atoms with Gasteiger partial charge in [0.1, 0.15) is 18.0 Å². The Kier molecular flexibility index (Phi) is 5.77. The van der Waals surface area contributed by atoms with Gasteiger partial charge in [-0.2, -0.15) is 0 Å². The standard InChI is InChI=1S/C24H31FN6O4S/c1-3-8-36-24-27-22(26-16-10-14(16)13-5-4-12(2)15(25)9-13)19-23(28-24)31(30-29-19)17-11-18(35-7-6-32)21(34)20(17)33/h4-5,9,14,16-18,20-21,32-34H,3,6-8,10-11H2,1-2H3,(H,26,27,28)/t14-,16+,17+,18-,20-,21+/m0/s1/i4D,5D,9D,14D,16D. The minimum absolute atomic E-state index is 0.0135. The summed E-state index contributed by atoms with van der Waals surface area (Å²) < 4.78 is 64.1. The van der Waals surface area contributed by atoms with Crippen molar-refractivity contribution in [1.82, 2.24) is 25.0 Å². The van der Waals surface area contributed by atoms with Crippen molar-refractivity contribution in [2.45, 2.75) is 74.5 Å². The molecule has 2 saturated carbocycles. The van der Waals surface area contributed by atoms with Crippen LogP contribution in [-0.4, -0.2) is 83.6 Å². The molecule has 6 atom stereocenters. The Morgan fingerprint density at radius 3 is 2.92 bits per heavy atom. The maximum atomic E-state index is 14.7. The third-order valence-electron chi connectivity index (χ3n) is 6.18. The molecule has 3 aromatic rings. The summed E-state index contributed by atoms with van der Waals surface area (Å²) in [5.41, 5.74) is -0.176. The van der Waals surface area contributed by atoms with Crippen LogP contribution in [0.3, 0.4) is 0 Å². The maximum absolute atomic E-state index is 14.7. The topological polar surface area (TPSA) is 138 Å². The van der Waals surface area contributed by atoms with E-state index < -0.39 is 60.2 Å². The maximum Gasteiger partial charge on any atom is 0.191 e. The second-order valence-electron chi connectivity index (χ2n) is 8.77. The number of fused-ring (bicyclic) bond motifs is 1. The van der Waals surface area contributed by atoms with Crippen molar-refractivity contribution in [3.8, 4) is 0 Å². The highest BCUT2D eigenvalue weighted by atomic mass is 32.2. The number of benzene rings is 1. The van der Waals surface area contributed by atoms with Gasteiger partial charge < -0.3 is 25.4 Å². The van der Waals surface area contributed by atoms with Crippen LogP contribution in [0.4, 0.5) is 10.2 Å². The van der Waals surface area contributed by atoms with Crippen molar-refractivity contribution in [3.63, 3.8) is 0 Å². The van der Waals surface area contributed by atoms with Crippen LogP contribution in [0.25, 0.3) is 11.2 Å². The minimum Gasteiger partial charge on any atom is -0.394 e. The number of aliphatic hydroxyl groups is 3. The average Bonchev–Trinajstić information content (AvgIpc) is 3.19. The van der Waals surface area contributed by atoms with Crippen molar-refractivity contribution in [1.29, 1.82) is 0 Å². The molecule has 2 aliphatic carbocycles. The summed E-state index contributed by atoms with van der Waals surface area (Å²) in [5, 5.41) is 41.9. The highest BCUT2D eigenvalue weighted by Gasteiger charge is 2.45. The molecule has 0 unspecified atom stereocenters. The zero-order chi connectivity index (χ0) is 29.9. The van der Waals surface area contributed by atoms with Gasteiger partial charge in [-0.1, -0.05) is 36.0 Å². The summed E-state index contributed by atoms with van der Waals surface area (Å²) in [6, 6.07) is -4.19. The average molecular weight is 524 g/mol. The molecule has 0 saturated heterocycles. The Bertz CT molecular complexity index is 1460. The number of aromatic nitrogens is 5. The molecule has 0 amide bonds. The van der Waals surface area contributed by atoms with E-state index in [0.29, 0.717) is 10.9 Å². The molecular formula is C24H31FN6O4S. The van der Waals surface area contributed by atoms with Crippen molar-refractivity contribution in [2.75, 3.05) is 24.3 Å². The zero-order valence-corrected chi connectivity index (χ0v) is 20.6. The molecule has 0 aliphatic heterocycles. The molecule has 5 rings (SSSR count). The lowest BCUT2D eigenvalue weighted by atomic mass is 10.1. The molecule has 2 aliphatic rings. The number of thioether (sulfide) groups is 1. The monoisotopic (exact) mass is 523 g/mol. The number of hydrogen-bond donors (Lipinski definition) is 4. The molecule has 0 spiro atoms. The smallest absolute Gasteiger partial charge is 0.191 e. The van der Waals surface area contributed by atoms with Gasteiger partial charge in [0.05, 0.1) is 30.8 Å². The molecule has 2 heterocycles. The fourth-order valence-electron chi connectivity index (χ4n) is 4.19. The number of nitrogens with zero attached hydrogens (tertiary/aromatic N) is 5. The van der Waals surface area contributed by atoms with Gasteiger partial charge in [0.2, 0.25) is 0 Å². The number of hydrogen-bond acceptors (Lipinski definition) is 10. The summed E-state index contributed by atoms with van der Waals surface area (Å²) in [5.74, 6) is -2.19. The summed E-state index contributed by atoms with van der Waals surface area (Å²) in [6.45, 7) is 3.02. The van der Waals surface area contributed by atoms with Crippen LogP contribution in [0.15, 0.2) is 23.3 Å². The van der Waals surface area contributed by atoms with E-state index in [4.69, 9.17) is 16.7 Å². The fourth-order valence-corrected chi connectivity index (χ4v) is 4.88.